The summed E-state index contributed by atoms with van der Waals surface area (Å²) in [6.07, 6.45) is 5.44. The van der Waals surface area contributed by atoms with Crippen LogP contribution in [0.25, 0.3) is 6.08 Å². The molecule has 0 aliphatic heterocycles. The van der Waals surface area contributed by atoms with Gasteiger partial charge in [-0.15, -0.1) is 0 Å². The summed E-state index contributed by atoms with van der Waals surface area (Å²) in [6, 6.07) is 6.95. The van der Waals surface area contributed by atoms with Gasteiger partial charge in [-0.05, 0) is 36.6 Å². The maximum atomic E-state index is 12.1. The number of aliphatic hydroxyl groups is 1. The Morgan fingerprint density at radius 1 is 1.36 bits per heavy atom. The van der Waals surface area contributed by atoms with Crippen molar-refractivity contribution in [2.75, 3.05) is 7.11 Å². The molecule has 1 aromatic rings. The monoisotopic (exact) mass is 322 g/mol. The van der Waals surface area contributed by atoms with Crippen LogP contribution in [0.1, 0.15) is 31.2 Å². The number of esters is 1. The third kappa shape index (κ3) is 3.57. The molecule has 2 atom stereocenters. The number of carbonyl (C=O) groups excluding carboxylic acids is 2. The Morgan fingerprint density at radius 3 is 2.64 bits per heavy atom. The number of hydrogen-bond acceptors (Lipinski definition) is 4. The summed E-state index contributed by atoms with van der Waals surface area (Å²) >= 11 is 5.82. The largest absolute Gasteiger partial charge is 0.467 e. The Kier molecular flexibility index (Phi) is 5.37. The Balaban J connectivity index is 2.30. The van der Waals surface area contributed by atoms with E-state index in [1.165, 1.54) is 13.2 Å². The number of ether oxygens (including phenoxy) is 1. The topological polar surface area (TPSA) is 63.6 Å². The quantitative estimate of drug-likeness (QED) is 0.865. The highest BCUT2D eigenvalue weighted by molar-refractivity contribution is 6.30. The van der Waals surface area contributed by atoms with Crippen molar-refractivity contribution in [3.63, 3.8) is 0 Å². The molecule has 22 heavy (non-hydrogen) atoms. The fourth-order valence-corrected chi connectivity index (χ4v) is 2.86. The van der Waals surface area contributed by atoms with Crippen molar-refractivity contribution in [3.05, 3.63) is 40.9 Å². The third-order valence-corrected chi connectivity index (χ3v) is 4.25. The van der Waals surface area contributed by atoms with Crippen LogP contribution < -0.4 is 0 Å². The van der Waals surface area contributed by atoms with E-state index < -0.39 is 17.5 Å². The normalized spacial score (nSPS) is 21.6. The van der Waals surface area contributed by atoms with Crippen LogP contribution in [0.5, 0.6) is 0 Å². The SMILES string of the molecule is COC(=O)[C@](O)(/C=C/c1ccc(Cl)cc1)[C@H]1CCCCC1=O. The van der Waals surface area contributed by atoms with Crippen LogP contribution in [0.2, 0.25) is 5.02 Å². The summed E-state index contributed by atoms with van der Waals surface area (Å²) < 4.78 is 4.71. The van der Waals surface area contributed by atoms with Crippen LogP contribution in [0.4, 0.5) is 0 Å². The van der Waals surface area contributed by atoms with Crippen LogP contribution in [-0.4, -0.2) is 29.6 Å². The molecule has 0 amide bonds. The number of benzene rings is 1. The van der Waals surface area contributed by atoms with Gasteiger partial charge in [0.1, 0.15) is 5.78 Å². The van der Waals surface area contributed by atoms with Crippen LogP contribution in [0, 0.1) is 5.92 Å². The van der Waals surface area contributed by atoms with Crippen molar-refractivity contribution >= 4 is 29.4 Å². The van der Waals surface area contributed by atoms with Gasteiger partial charge in [0, 0.05) is 11.4 Å². The molecule has 1 aliphatic rings. The molecule has 2 rings (SSSR count). The molecule has 1 saturated carbocycles. The molecule has 1 N–H and O–H groups in total. The van der Waals surface area contributed by atoms with Crippen molar-refractivity contribution in [2.45, 2.75) is 31.3 Å². The lowest BCUT2D eigenvalue weighted by atomic mass is 9.75. The summed E-state index contributed by atoms with van der Waals surface area (Å²) in [6.45, 7) is 0. The minimum atomic E-state index is -1.92. The Morgan fingerprint density at radius 2 is 2.05 bits per heavy atom. The first-order valence-electron chi connectivity index (χ1n) is 7.25. The molecule has 5 heteroatoms. The van der Waals surface area contributed by atoms with Crippen LogP contribution >= 0.6 is 11.6 Å². The highest BCUT2D eigenvalue weighted by Gasteiger charge is 2.47. The molecule has 0 saturated heterocycles. The van der Waals surface area contributed by atoms with Gasteiger partial charge in [0.25, 0.3) is 0 Å². The lowest BCUT2D eigenvalue weighted by Gasteiger charge is -2.32. The Bertz CT molecular complexity index is 579. The summed E-state index contributed by atoms with van der Waals surface area (Å²) in [5, 5.41) is 11.4. The summed E-state index contributed by atoms with van der Waals surface area (Å²) in [5.74, 6) is -1.66. The fraction of sp³-hybridized carbons (Fsp3) is 0.412. The zero-order chi connectivity index (χ0) is 16.2. The van der Waals surface area contributed by atoms with E-state index in [4.69, 9.17) is 16.3 Å². The number of rotatable bonds is 4. The molecule has 4 nitrogen and oxygen atoms in total. The zero-order valence-electron chi connectivity index (χ0n) is 12.4. The van der Waals surface area contributed by atoms with Gasteiger partial charge in [-0.2, -0.15) is 0 Å². The molecule has 1 fully saturated rings. The first-order valence-corrected chi connectivity index (χ1v) is 7.63. The summed E-state index contributed by atoms with van der Waals surface area (Å²) in [7, 11) is 1.21. The maximum Gasteiger partial charge on any atom is 0.342 e. The molecule has 0 aromatic heterocycles. The van der Waals surface area contributed by atoms with Gasteiger partial charge in [-0.25, -0.2) is 4.79 Å². The van der Waals surface area contributed by atoms with E-state index in [1.54, 1.807) is 30.3 Å². The van der Waals surface area contributed by atoms with Crippen molar-refractivity contribution in [1.29, 1.82) is 0 Å². The van der Waals surface area contributed by atoms with Gasteiger partial charge in [0.15, 0.2) is 5.60 Å². The highest BCUT2D eigenvalue weighted by atomic mass is 35.5. The maximum absolute atomic E-state index is 12.1. The Hall–Kier alpha value is -1.65. The first kappa shape index (κ1) is 16.7. The average molecular weight is 323 g/mol. The lowest BCUT2D eigenvalue weighted by Crippen LogP contribution is -2.49. The van der Waals surface area contributed by atoms with Gasteiger partial charge >= 0.3 is 5.97 Å². The van der Waals surface area contributed by atoms with Crippen molar-refractivity contribution in [3.8, 4) is 0 Å². The van der Waals surface area contributed by atoms with Gasteiger partial charge in [0.2, 0.25) is 0 Å². The predicted molar refractivity (Wildman–Crippen MR) is 84.4 cm³/mol. The second kappa shape index (κ2) is 7.07. The molecule has 0 heterocycles. The fourth-order valence-electron chi connectivity index (χ4n) is 2.74. The molecular formula is C17H19ClO4. The van der Waals surface area contributed by atoms with E-state index in [2.05, 4.69) is 0 Å². The molecule has 1 aromatic carbocycles. The van der Waals surface area contributed by atoms with Crippen molar-refractivity contribution in [2.24, 2.45) is 5.92 Å². The van der Waals surface area contributed by atoms with Crippen LogP contribution in [0.15, 0.2) is 30.3 Å². The van der Waals surface area contributed by atoms with E-state index in [0.29, 0.717) is 17.9 Å². The molecule has 1 aliphatic carbocycles. The van der Waals surface area contributed by atoms with Crippen LogP contribution in [0.3, 0.4) is 0 Å². The molecule has 0 spiro atoms. The lowest BCUT2D eigenvalue weighted by molar-refractivity contribution is -0.166. The summed E-state index contributed by atoms with van der Waals surface area (Å²) in [4.78, 5) is 24.2. The molecule has 118 valence electrons. The second-order valence-corrected chi connectivity index (χ2v) is 5.90. The number of Topliss-reactive ketones (excluding diaryl/α,β-unsaturated/α-hetero) is 1. The standard InChI is InChI=1S/C17H19ClO4/c1-22-16(20)17(21,14-4-2-3-5-15(14)19)11-10-12-6-8-13(18)9-7-12/h6-11,14,21H,2-5H2,1H3/b11-10+/t14-,17-/m0/s1. The third-order valence-electron chi connectivity index (χ3n) is 4.00. The minimum absolute atomic E-state index is 0.0973. The van der Waals surface area contributed by atoms with E-state index in [9.17, 15) is 14.7 Å². The molecule has 0 radical (unpaired) electrons. The number of carbonyl (C=O) groups is 2. The van der Waals surface area contributed by atoms with E-state index >= 15 is 0 Å². The minimum Gasteiger partial charge on any atom is -0.467 e. The van der Waals surface area contributed by atoms with Crippen molar-refractivity contribution in [1.82, 2.24) is 0 Å². The van der Waals surface area contributed by atoms with Gasteiger partial charge < -0.3 is 9.84 Å². The van der Waals surface area contributed by atoms with Crippen molar-refractivity contribution < 1.29 is 19.4 Å². The number of halogens is 1. The van der Waals surface area contributed by atoms with E-state index in [1.807, 2.05) is 0 Å². The number of methoxy groups -OCH3 is 1. The highest BCUT2D eigenvalue weighted by Crippen LogP contribution is 2.33. The van der Waals surface area contributed by atoms with Gasteiger partial charge in [-0.1, -0.05) is 36.2 Å². The smallest absolute Gasteiger partial charge is 0.342 e. The van der Waals surface area contributed by atoms with Gasteiger partial charge in [0.05, 0.1) is 13.0 Å². The second-order valence-electron chi connectivity index (χ2n) is 5.47. The average Bonchev–Trinajstić information content (AvgIpc) is 2.53. The van der Waals surface area contributed by atoms with Gasteiger partial charge in [-0.3, -0.25) is 4.79 Å². The van der Waals surface area contributed by atoms with Crippen LogP contribution in [-0.2, 0) is 14.3 Å². The number of ketones is 1. The van der Waals surface area contributed by atoms with E-state index in [0.717, 1.165) is 18.4 Å². The predicted octanol–water partition coefficient (Wildman–Crippen LogP) is 3.02. The summed E-state index contributed by atoms with van der Waals surface area (Å²) in [5.41, 5.74) is -1.15. The molecule has 0 unspecified atom stereocenters. The number of hydrogen-bond donors (Lipinski definition) is 1. The van der Waals surface area contributed by atoms with E-state index in [-0.39, 0.29) is 5.78 Å². The molecular weight excluding hydrogens is 304 g/mol. The zero-order valence-corrected chi connectivity index (χ0v) is 13.2. The Labute approximate surface area is 134 Å². The molecule has 0 bridgehead atoms. The first-order chi connectivity index (χ1) is 10.5.